The second kappa shape index (κ2) is 7.17. The Morgan fingerprint density at radius 3 is 2.48 bits per heavy atom. The molecule has 0 aliphatic carbocycles. The number of amides is 1. The number of rotatable bonds is 6. The Labute approximate surface area is 136 Å². The number of benzene rings is 1. The molecule has 1 heterocycles. The van der Waals surface area contributed by atoms with E-state index in [0.717, 1.165) is 11.4 Å². The molecule has 23 heavy (non-hydrogen) atoms. The number of ether oxygens (including phenoxy) is 2. The summed E-state index contributed by atoms with van der Waals surface area (Å²) in [6.45, 7) is 5.91. The standard InChI is InChI=1S/C17H23N3O3/c1-11-8-12(2)20(19-11)13(3)9-17(21)18-14-6-7-15(22-4)16(10-14)23-5/h6-8,10,13H,9H2,1-5H3,(H,18,21)/t13-/m0/s1. The molecule has 2 rings (SSSR count). The molecule has 0 fully saturated rings. The minimum Gasteiger partial charge on any atom is -0.493 e. The first-order valence-corrected chi connectivity index (χ1v) is 7.49. The lowest BCUT2D eigenvalue weighted by molar-refractivity contribution is -0.116. The predicted octanol–water partition coefficient (Wildman–Crippen LogP) is 3.11. The maximum Gasteiger partial charge on any atom is 0.226 e. The second-order valence-corrected chi connectivity index (χ2v) is 5.54. The maximum absolute atomic E-state index is 12.2. The van der Waals surface area contributed by atoms with Crippen LogP contribution in [0.15, 0.2) is 24.3 Å². The van der Waals surface area contributed by atoms with Gasteiger partial charge in [-0.3, -0.25) is 9.48 Å². The summed E-state index contributed by atoms with van der Waals surface area (Å²) in [4.78, 5) is 12.2. The zero-order chi connectivity index (χ0) is 17.0. The number of methoxy groups -OCH3 is 2. The van der Waals surface area contributed by atoms with Crippen LogP contribution < -0.4 is 14.8 Å². The minimum absolute atomic E-state index is 0.0103. The monoisotopic (exact) mass is 317 g/mol. The summed E-state index contributed by atoms with van der Waals surface area (Å²) >= 11 is 0. The first kappa shape index (κ1) is 16.9. The summed E-state index contributed by atoms with van der Waals surface area (Å²) in [6.07, 6.45) is 0.344. The molecular formula is C17H23N3O3. The van der Waals surface area contributed by atoms with Crippen molar-refractivity contribution in [3.63, 3.8) is 0 Å². The van der Waals surface area contributed by atoms with Crippen molar-refractivity contribution in [3.8, 4) is 11.5 Å². The molecule has 0 bridgehead atoms. The first-order chi connectivity index (χ1) is 10.9. The molecule has 1 amide bonds. The van der Waals surface area contributed by atoms with Gasteiger partial charge in [-0.1, -0.05) is 0 Å². The van der Waals surface area contributed by atoms with Gasteiger partial charge in [0.05, 0.1) is 26.0 Å². The quantitative estimate of drug-likeness (QED) is 0.889. The van der Waals surface area contributed by atoms with Crippen molar-refractivity contribution >= 4 is 11.6 Å². The van der Waals surface area contributed by atoms with Gasteiger partial charge in [0.15, 0.2) is 11.5 Å². The third-order valence-electron chi connectivity index (χ3n) is 3.61. The SMILES string of the molecule is COc1ccc(NC(=O)C[C@H](C)n2nc(C)cc2C)cc1OC. The Bertz CT molecular complexity index is 694. The highest BCUT2D eigenvalue weighted by atomic mass is 16.5. The van der Waals surface area contributed by atoms with Crippen LogP contribution in [0.2, 0.25) is 0 Å². The molecular weight excluding hydrogens is 294 g/mol. The van der Waals surface area contributed by atoms with Gasteiger partial charge in [-0.15, -0.1) is 0 Å². The van der Waals surface area contributed by atoms with E-state index in [4.69, 9.17) is 9.47 Å². The van der Waals surface area contributed by atoms with Crippen molar-refractivity contribution in [2.45, 2.75) is 33.2 Å². The van der Waals surface area contributed by atoms with E-state index in [-0.39, 0.29) is 11.9 Å². The summed E-state index contributed by atoms with van der Waals surface area (Å²) in [5.74, 6) is 1.13. The van der Waals surface area contributed by atoms with Crippen LogP contribution in [0.4, 0.5) is 5.69 Å². The number of carbonyl (C=O) groups excluding carboxylic acids is 1. The molecule has 0 aliphatic heterocycles. The van der Waals surface area contributed by atoms with E-state index >= 15 is 0 Å². The molecule has 0 radical (unpaired) electrons. The molecule has 124 valence electrons. The molecule has 1 atom stereocenters. The average molecular weight is 317 g/mol. The summed E-state index contributed by atoms with van der Waals surface area (Å²) < 4.78 is 12.3. The number of anilines is 1. The normalized spacial score (nSPS) is 11.9. The largest absolute Gasteiger partial charge is 0.493 e. The van der Waals surface area contributed by atoms with Crippen molar-refractivity contribution in [2.24, 2.45) is 0 Å². The fourth-order valence-electron chi connectivity index (χ4n) is 2.57. The topological polar surface area (TPSA) is 65.4 Å². The summed E-state index contributed by atoms with van der Waals surface area (Å²) in [5, 5.41) is 7.30. The molecule has 2 aromatic rings. The molecule has 1 aromatic carbocycles. The fraction of sp³-hybridized carbons (Fsp3) is 0.412. The molecule has 0 saturated heterocycles. The predicted molar refractivity (Wildman–Crippen MR) is 89.2 cm³/mol. The lowest BCUT2D eigenvalue weighted by Crippen LogP contribution is -2.19. The van der Waals surface area contributed by atoms with Gasteiger partial charge in [0.25, 0.3) is 0 Å². The highest BCUT2D eigenvalue weighted by molar-refractivity contribution is 5.91. The molecule has 0 aliphatic rings. The Kier molecular flexibility index (Phi) is 5.26. The third kappa shape index (κ3) is 4.03. The lowest BCUT2D eigenvalue weighted by Gasteiger charge is -2.15. The van der Waals surface area contributed by atoms with E-state index in [1.807, 2.05) is 31.5 Å². The Morgan fingerprint density at radius 2 is 1.91 bits per heavy atom. The Hall–Kier alpha value is -2.50. The fourth-order valence-corrected chi connectivity index (χ4v) is 2.57. The highest BCUT2D eigenvalue weighted by Gasteiger charge is 2.15. The van der Waals surface area contributed by atoms with Crippen LogP contribution in [0.1, 0.15) is 30.8 Å². The number of aryl methyl sites for hydroxylation is 2. The van der Waals surface area contributed by atoms with E-state index in [0.29, 0.717) is 23.6 Å². The Balaban J connectivity index is 2.03. The van der Waals surface area contributed by atoms with Crippen molar-refractivity contribution in [1.82, 2.24) is 9.78 Å². The molecule has 1 aromatic heterocycles. The zero-order valence-corrected chi connectivity index (χ0v) is 14.2. The van der Waals surface area contributed by atoms with Gasteiger partial charge < -0.3 is 14.8 Å². The molecule has 6 heteroatoms. The summed E-state index contributed by atoms with van der Waals surface area (Å²) in [6, 6.07) is 7.28. The number of nitrogens with one attached hydrogen (secondary N) is 1. The van der Waals surface area contributed by atoms with E-state index < -0.39 is 0 Å². The second-order valence-electron chi connectivity index (χ2n) is 5.54. The van der Waals surface area contributed by atoms with Crippen molar-refractivity contribution in [1.29, 1.82) is 0 Å². The third-order valence-corrected chi connectivity index (χ3v) is 3.61. The molecule has 0 saturated carbocycles. The van der Waals surface area contributed by atoms with Gasteiger partial charge in [0.2, 0.25) is 5.91 Å². The number of nitrogens with zero attached hydrogens (tertiary/aromatic N) is 2. The molecule has 6 nitrogen and oxygen atoms in total. The van der Waals surface area contributed by atoms with Gasteiger partial charge in [-0.2, -0.15) is 5.10 Å². The van der Waals surface area contributed by atoms with Crippen LogP contribution >= 0.6 is 0 Å². The van der Waals surface area contributed by atoms with Gasteiger partial charge >= 0.3 is 0 Å². The van der Waals surface area contributed by atoms with E-state index in [9.17, 15) is 4.79 Å². The summed E-state index contributed by atoms with van der Waals surface area (Å²) in [7, 11) is 3.14. The van der Waals surface area contributed by atoms with Crippen molar-refractivity contribution in [3.05, 3.63) is 35.7 Å². The maximum atomic E-state index is 12.2. The number of carbonyl (C=O) groups is 1. The molecule has 0 unspecified atom stereocenters. The molecule has 1 N–H and O–H groups in total. The van der Waals surface area contributed by atoms with Crippen LogP contribution in [-0.2, 0) is 4.79 Å². The smallest absolute Gasteiger partial charge is 0.226 e. The van der Waals surface area contributed by atoms with Gasteiger partial charge in [0, 0.05) is 23.9 Å². The van der Waals surface area contributed by atoms with E-state index in [1.165, 1.54) is 0 Å². The zero-order valence-electron chi connectivity index (χ0n) is 14.2. The number of hydrogen-bond acceptors (Lipinski definition) is 4. The van der Waals surface area contributed by atoms with Crippen molar-refractivity contribution < 1.29 is 14.3 Å². The molecule has 0 spiro atoms. The van der Waals surface area contributed by atoms with Crippen LogP contribution in [0.25, 0.3) is 0 Å². The summed E-state index contributed by atoms with van der Waals surface area (Å²) in [5.41, 5.74) is 2.68. The van der Waals surface area contributed by atoms with Gasteiger partial charge in [-0.05, 0) is 39.0 Å². The average Bonchev–Trinajstić information content (AvgIpc) is 2.85. The van der Waals surface area contributed by atoms with Gasteiger partial charge in [0.1, 0.15) is 0 Å². The van der Waals surface area contributed by atoms with Gasteiger partial charge in [-0.25, -0.2) is 0 Å². The van der Waals surface area contributed by atoms with Crippen LogP contribution in [0.3, 0.4) is 0 Å². The van der Waals surface area contributed by atoms with E-state index in [1.54, 1.807) is 32.4 Å². The van der Waals surface area contributed by atoms with Crippen LogP contribution in [0, 0.1) is 13.8 Å². The van der Waals surface area contributed by atoms with Crippen LogP contribution in [0.5, 0.6) is 11.5 Å². The number of hydrogen-bond donors (Lipinski definition) is 1. The first-order valence-electron chi connectivity index (χ1n) is 7.49. The highest BCUT2D eigenvalue weighted by Crippen LogP contribution is 2.30. The Morgan fingerprint density at radius 1 is 1.22 bits per heavy atom. The van der Waals surface area contributed by atoms with Crippen LogP contribution in [-0.4, -0.2) is 29.9 Å². The van der Waals surface area contributed by atoms with Crippen molar-refractivity contribution in [2.75, 3.05) is 19.5 Å². The van der Waals surface area contributed by atoms with E-state index in [2.05, 4.69) is 10.4 Å². The minimum atomic E-state index is -0.0720. The lowest BCUT2D eigenvalue weighted by atomic mass is 10.2. The number of aromatic nitrogens is 2.